The first-order valence-corrected chi connectivity index (χ1v) is 5.08. The number of nitrogens with two attached hydrogens (primary N) is 1. The van der Waals surface area contributed by atoms with Gasteiger partial charge in [0.2, 0.25) is 5.88 Å². The van der Waals surface area contributed by atoms with Gasteiger partial charge in [-0.1, -0.05) is 17.7 Å². The summed E-state index contributed by atoms with van der Waals surface area (Å²) in [5.74, 6) is 5.59. The molecule has 0 amide bonds. The van der Waals surface area contributed by atoms with Crippen LogP contribution in [0, 0.1) is 0 Å². The molecule has 4 nitrogen and oxygen atoms in total. The maximum absolute atomic E-state index is 6.20. The largest absolute Gasteiger partial charge is 0.481 e. The Morgan fingerprint density at radius 1 is 1.31 bits per heavy atom. The van der Waals surface area contributed by atoms with Crippen LogP contribution in [0.3, 0.4) is 0 Å². The molecule has 0 unspecified atom stereocenters. The standard InChI is InChI=1S/C11H11ClN2O2/c1-15-10-5-3-8-9(14-10)4-2-7(6-16-13)11(8)12/h2-5H,6,13H2,1H3. The number of fused-ring (bicyclic) bond motifs is 1. The molecule has 1 aromatic carbocycles. The number of hydrogen-bond acceptors (Lipinski definition) is 4. The Labute approximate surface area is 97.9 Å². The van der Waals surface area contributed by atoms with Crippen molar-refractivity contribution in [2.75, 3.05) is 7.11 Å². The minimum Gasteiger partial charge on any atom is -0.481 e. The van der Waals surface area contributed by atoms with Gasteiger partial charge in [-0.3, -0.25) is 4.84 Å². The van der Waals surface area contributed by atoms with Crippen LogP contribution in [0.5, 0.6) is 5.88 Å². The third-order valence-electron chi connectivity index (χ3n) is 2.31. The van der Waals surface area contributed by atoms with E-state index in [2.05, 4.69) is 9.82 Å². The van der Waals surface area contributed by atoms with Crippen molar-refractivity contribution < 1.29 is 9.57 Å². The fourth-order valence-corrected chi connectivity index (χ4v) is 1.79. The molecule has 1 heterocycles. The number of ether oxygens (including phenoxy) is 1. The first-order chi connectivity index (χ1) is 7.76. The van der Waals surface area contributed by atoms with Crippen molar-refractivity contribution in [1.29, 1.82) is 0 Å². The minimum absolute atomic E-state index is 0.279. The highest BCUT2D eigenvalue weighted by Gasteiger charge is 2.07. The zero-order valence-electron chi connectivity index (χ0n) is 8.74. The molecular formula is C11H11ClN2O2. The van der Waals surface area contributed by atoms with Gasteiger partial charge in [0.1, 0.15) is 0 Å². The van der Waals surface area contributed by atoms with Crippen molar-refractivity contribution in [2.45, 2.75) is 6.61 Å². The molecule has 0 aliphatic rings. The molecule has 0 bridgehead atoms. The molecule has 0 aliphatic carbocycles. The van der Waals surface area contributed by atoms with Crippen molar-refractivity contribution in [1.82, 2.24) is 4.98 Å². The van der Waals surface area contributed by atoms with Gasteiger partial charge in [-0.15, -0.1) is 0 Å². The lowest BCUT2D eigenvalue weighted by atomic mass is 10.1. The van der Waals surface area contributed by atoms with Crippen molar-refractivity contribution in [3.05, 3.63) is 34.9 Å². The van der Waals surface area contributed by atoms with Crippen molar-refractivity contribution in [3.8, 4) is 5.88 Å². The molecule has 2 rings (SSSR count). The van der Waals surface area contributed by atoms with E-state index in [-0.39, 0.29) is 6.61 Å². The quantitative estimate of drug-likeness (QED) is 0.834. The zero-order valence-corrected chi connectivity index (χ0v) is 9.49. The van der Waals surface area contributed by atoms with E-state index in [4.69, 9.17) is 22.2 Å². The molecule has 0 saturated carbocycles. The second-order valence-corrected chi connectivity index (χ2v) is 3.65. The van der Waals surface area contributed by atoms with Gasteiger partial charge < -0.3 is 4.74 Å². The van der Waals surface area contributed by atoms with E-state index in [1.54, 1.807) is 13.2 Å². The van der Waals surface area contributed by atoms with Gasteiger partial charge in [-0.05, 0) is 17.7 Å². The number of nitrogens with zero attached hydrogens (tertiary/aromatic N) is 1. The molecular weight excluding hydrogens is 228 g/mol. The van der Waals surface area contributed by atoms with Crippen molar-refractivity contribution in [3.63, 3.8) is 0 Å². The van der Waals surface area contributed by atoms with Gasteiger partial charge in [-0.2, -0.15) is 0 Å². The van der Waals surface area contributed by atoms with E-state index in [1.165, 1.54) is 0 Å². The summed E-state index contributed by atoms with van der Waals surface area (Å²) in [5.41, 5.74) is 1.62. The Morgan fingerprint density at radius 3 is 2.81 bits per heavy atom. The van der Waals surface area contributed by atoms with Gasteiger partial charge in [0.05, 0.1) is 24.3 Å². The van der Waals surface area contributed by atoms with Crippen LogP contribution in [-0.4, -0.2) is 12.1 Å². The SMILES string of the molecule is COc1ccc2c(Cl)c(CON)ccc2n1. The third-order valence-corrected chi connectivity index (χ3v) is 2.75. The Bertz CT molecular complexity index is 517. The summed E-state index contributed by atoms with van der Waals surface area (Å²) in [6.45, 7) is 0.279. The van der Waals surface area contributed by atoms with Crippen LogP contribution in [0.15, 0.2) is 24.3 Å². The molecule has 0 spiro atoms. The number of halogens is 1. The fraction of sp³-hybridized carbons (Fsp3) is 0.182. The highest BCUT2D eigenvalue weighted by molar-refractivity contribution is 6.36. The molecule has 2 N–H and O–H groups in total. The van der Waals surface area contributed by atoms with Gasteiger partial charge in [0.15, 0.2) is 0 Å². The second kappa shape index (κ2) is 4.65. The number of rotatable bonds is 3. The van der Waals surface area contributed by atoms with E-state index in [0.717, 1.165) is 16.5 Å². The fourth-order valence-electron chi connectivity index (χ4n) is 1.51. The molecule has 0 aliphatic heterocycles. The van der Waals surface area contributed by atoms with Gasteiger partial charge in [-0.25, -0.2) is 10.9 Å². The average Bonchev–Trinajstić information content (AvgIpc) is 2.32. The van der Waals surface area contributed by atoms with Crippen molar-refractivity contribution in [2.24, 2.45) is 5.90 Å². The van der Waals surface area contributed by atoms with Gasteiger partial charge in [0, 0.05) is 11.5 Å². The van der Waals surface area contributed by atoms with Crippen molar-refractivity contribution >= 4 is 22.5 Å². The van der Waals surface area contributed by atoms with E-state index in [0.29, 0.717) is 10.9 Å². The molecule has 0 saturated heterocycles. The highest BCUT2D eigenvalue weighted by Crippen LogP contribution is 2.28. The summed E-state index contributed by atoms with van der Waals surface area (Å²) < 4.78 is 5.04. The van der Waals surface area contributed by atoms with E-state index < -0.39 is 0 Å². The predicted molar refractivity (Wildman–Crippen MR) is 62.3 cm³/mol. The van der Waals surface area contributed by atoms with Gasteiger partial charge >= 0.3 is 0 Å². The predicted octanol–water partition coefficient (Wildman–Crippen LogP) is 2.29. The summed E-state index contributed by atoms with van der Waals surface area (Å²) in [5, 5.41) is 1.47. The maximum atomic E-state index is 6.20. The first-order valence-electron chi connectivity index (χ1n) is 4.70. The van der Waals surface area contributed by atoms with E-state index in [9.17, 15) is 0 Å². The Balaban J connectivity index is 2.57. The highest BCUT2D eigenvalue weighted by atomic mass is 35.5. The second-order valence-electron chi connectivity index (χ2n) is 3.27. The lowest BCUT2D eigenvalue weighted by Crippen LogP contribution is -2.00. The van der Waals surface area contributed by atoms with Crippen LogP contribution in [0.4, 0.5) is 0 Å². The Kier molecular flexibility index (Phi) is 3.24. The summed E-state index contributed by atoms with van der Waals surface area (Å²) in [7, 11) is 1.58. The van der Waals surface area contributed by atoms with Gasteiger partial charge in [0.25, 0.3) is 0 Å². The maximum Gasteiger partial charge on any atom is 0.213 e. The first kappa shape index (κ1) is 11.1. The summed E-state index contributed by atoms with van der Waals surface area (Å²) >= 11 is 6.20. The van der Waals surface area contributed by atoms with Crippen LogP contribution in [0.2, 0.25) is 5.02 Å². The Morgan fingerprint density at radius 2 is 2.12 bits per heavy atom. The molecule has 84 valence electrons. The van der Waals surface area contributed by atoms with Crippen LogP contribution >= 0.6 is 11.6 Å². The third kappa shape index (κ3) is 1.95. The average molecular weight is 239 g/mol. The summed E-state index contributed by atoms with van der Waals surface area (Å²) in [6, 6.07) is 7.33. The van der Waals surface area contributed by atoms with Crippen LogP contribution in [0.1, 0.15) is 5.56 Å². The number of benzene rings is 1. The summed E-state index contributed by atoms with van der Waals surface area (Å²) in [4.78, 5) is 8.85. The number of aromatic nitrogens is 1. The number of hydrogen-bond donors (Lipinski definition) is 1. The molecule has 2 aromatic rings. The molecule has 16 heavy (non-hydrogen) atoms. The zero-order chi connectivity index (χ0) is 11.5. The molecule has 5 heteroatoms. The molecule has 1 aromatic heterocycles. The van der Waals surface area contributed by atoms with Crippen LogP contribution in [0.25, 0.3) is 10.9 Å². The lowest BCUT2D eigenvalue weighted by molar-refractivity contribution is 0.124. The van der Waals surface area contributed by atoms with E-state index in [1.807, 2.05) is 18.2 Å². The molecule has 0 fully saturated rings. The van der Waals surface area contributed by atoms with Crippen LogP contribution < -0.4 is 10.6 Å². The summed E-state index contributed by atoms with van der Waals surface area (Å²) in [6.07, 6.45) is 0. The monoisotopic (exact) mass is 238 g/mol. The smallest absolute Gasteiger partial charge is 0.213 e. The van der Waals surface area contributed by atoms with Crippen LogP contribution in [-0.2, 0) is 11.4 Å². The number of pyridine rings is 1. The van der Waals surface area contributed by atoms with E-state index >= 15 is 0 Å². The molecule has 0 radical (unpaired) electrons. The molecule has 0 atom stereocenters. The lowest BCUT2D eigenvalue weighted by Gasteiger charge is -2.07. The Hall–Kier alpha value is -1.36. The number of methoxy groups -OCH3 is 1. The topological polar surface area (TPSA) is 57.4 Å². The normalized spacial score (nSPS) is 10.7. The minimum atomic E-state index is 0.279.